The summed E-state index contributed by atoms with van der Waals surface area (Å²) in [5, 5.41) is 11.1. The van der Waals surface area contributed by atoms with Gasteiger partial charge in [-0.2, -0.15) is 0 Å². The molecule has 1 aromatic rings. The van der Waals surface area contributed by atoms with Crippen molar-refractivity contribution in [3.8, 4) is 5.75 Å². The van der Waals surface area contributed by atoms with Crippen molar-refractivity contribution in [3.63, 3.8) is 0 Å². The number of carboxylic acid groups (broad SMARTS) is 1. The highest BCUT2D eigenvalue weighted by molar-refractivity contribution is 5.74. The van der Waals surface area contributed by atoms with Crippen LogP contribution in [0.5, 0.6) is 5.75 Å². The first-order valence-corrected chi connectivity index (χ1v) is 7.26. The van der Waals surface area contributed by atoms with Crippen LogP contribution in [0.3, 0.4) is 0 Å². The van der Waals surface area contributed by atoms with Crippen molar-refractivity contribution in [3.05, 3.63) is 29.8 Å². The molecule has 1 rings (SSSR count). The zero-order chi connectivity index (χ0) is 16.5. The SMILES string of the molecule is COc1ccc(CC(C)CN(C)C(=O)NCCC(=O)O)cc1. The number of carbonyl (C=O) groups excluding carboxylic acids is 1. The first-order chi connectivity index (χ1) is 10.4. The van der Waals surface area contributed by atoms with Crippen LogP contribution in [0, 0.1) is 5.92 Å². The Balaban J connectivity index is 2.37. The Bertz CT molecular complexity index is 487. The summed E-state index contributed by atoms with van der Waals surface area (Å²) in [6, 6.07) is 7.63. The zero-order valence-corrected chi connectivity index (χ0v) is 13.3. The van der Waals surface area contributed by atoms with Crippen LogP contribution < -0.4 is 10.1 Å². The third-order valence-corrected chi connectivity index (χ3v) is 3.29. The fourth-order valence-corrected chi connectivity index (χ4v) is 2.19. The molecule has 0 heterocycles. The van der Waals surface area contributed by atoms with E-state index in [0.717, 1.165) is 12.2 Å². The third kappa shape index (κ3) is 6.47. The smallest absolute Gasteiger partial charge is 0.317 e. The molecular weight excluding hydrogens is 284 g/mol. The van der Waals surface area contributed by atoms with Crippen molar-refractivity contribution in [2.24, 2.45) is 5.92 Å². The van der Waals surface area contributed by atoms with Crippen molar-refractivity contribution in [1.29, 1.82) is 0 Å². The number of hydrogen-bond donors (Lipinski definition) is 2. The maximum absolute atomic E-state index is 11.8. The van der Waals surface area contributed by atoms with E-state index in [0.29, 0.717) is 12.5 Å². The van der Waals surface area contributed by atoms with E-state index in [1.165, 1.54) is 5.56 Å². The molecule has 0 radical (unpaired) electrons. The van der Waals surface area contributed by atoms with E-state index < -0.39 is 5.97 Å². The van der Waals surface area contributed by atoms with Gasteiger partial charge in [0.1, 0.15) is 5.75 Å². The summed E-state index contributed by atoms with van der Waals surface area (Å²) in [6.07, 6.45) is 0.789. The van der Waals surface area contributed by atoms with Gasteiger partial charge in [-0.05, 0) is 30.0 Å². The lowest BCUT2D eigenvalue weighted by Crippen LogP contribution is -2.40. The molecule has 122 valence electrons. The second kappa shape index (κ2) is 8.92. The second-order valence-corrected chi connectivity index (χ2v) is 5.41. The number of carboxylic acids is 1. The number of hydrogen-bond acceptors (Lipinski definition) is 3. The summed E-state index contributed by atoms with van der Waals surface area (Å²) in [6.45, 7) is 2.82. The fourth-order valence-electron chi connectivity index (χ4n) is 2.19. The Morgan fingerprint density at radius 2 is 1.95 bits per heavy atom. The lowest BCUT2D eigenvalue weighted by atomic mass is 10.0. The molecule has 22 heavy (non-hydrogen) atoms. The van der Waals surface area contributed by atoms with E-state index in [1.54, 1.807) is 19.1 Å². The first-order valence-electron chi connectivity index (χ1n) is 7.26. The Morgan fingerprint density at radius 1 is 1.32 bits per heavy atom. The van der Waals surface area contributed by atoms with Crippen molar-refractivity contribution >= 4 is 12.0 Å². The molecule has 0 aliphatic carbocycles. The summed E-state index contributed by atoms with van der Waals surface area (Å²) in [5.74, 6) is 0.200. The Kier molecular flexibility index (Phi) is 7.22. The molecule has 6 nitrogen and oxygen atoms in total. The van der Waals surface area contributed by atoms with Gasteiger partial charge in [-0.3, -0.25) is 4.79 Å². The van der Waals surface area contributed by atoms with Gasteiger partial charge in [0, 0.05) is 20.1 Å². The van der Waals surface area contributed by atoms with E-state index in [1.807, 2.05) is 24.3 Å². The highest BCUT2D eigenvalue weighted by Crippen LogP contribution is 2.15. The average Bonchev–Trinajstić information content (AvgIpc) is 2.47. The van der Waals surface area contributed by atoms with Crippen LogP contribution in [-0.2, 0) is 11.2 Å². The Morgan fingerprint density at radius 3 is 2.50 bits per heavy atom. The molecule has 0 fully saturated rings. The molecule has 0 aliphatic heterocycles. The number of amides is 2. The number of aliphatic carboxylic acids is 1. The van der Waals surface area contributed by atoms with Crippen molar-refractivity contribution < 1.29 is 19.4 Å². The third-order valence-electron chi connectivity index (χ3n) is 3.29. The van der Waals surface area contributed by atoms with E-state index in [-0.39, 0.29) is 19.0 Å². The number of nitrogens with zero attached hydrogens (tertiary/aromatic N) is 1. The Labute approximate surface area is 131 Å². The van der Waals surface area contributed by atoms with Gasteiger partial charge in [-0.1, -0.05) is 19.1 Å². The summed E-state index contributed by atoms with van der Waals surface area (Å²) < 4.78 is 5.12. The molecule has 0 saturated heterocycles. The molecule has 0 aromatic heterocycles. The molecule has 0 saturated carbocycles. The molecule has 2 N–H and O–H groups in total. The van der Waals surface area contributed by atoms with Crippen LogP contribution in [0.1, 0.15) is 18.9 Å². The predicted molar refractivity (Wildman–Crippen MR) is 84.1 cm³/mol. The van der Waals surface area contributed by atoms with Gasteiger partial charge in [0.25, 0.3) is 0 Å². The van der Waals surface area contributed by atoms with Gasteiger partial charge in [0.2, 0.25) is 0 Å². The maximum atomic E-state index is 11.8. The fraction of sp³-hybridized carbons (Fsp3) is 0.500. The predicted octanol–water partition coefficient (Wildman–Crippen LogP) is 1.99. The van der Waals surface area contributed by atoms with Crippen molar-refractivity contribution in [2.75, 3.05) is 27.2 Å². The molecule has 2 amide bonds. The molecular formula is C16H24N2O4. The van der Waals surface area contributed by atoms with Gasteiger partial charge >= 0.3 is 12.0 Å². The van der Waals surface area contributed by atoms with E-state index >= 15 is 0 Å². The van der Waals surface area contributed by atoms with Crippen LogP contribution in [0.25, 0.3) is 0 Å². The summed E-state index contributed by atoms with van der Waals surface area (Å²) in [5.41, 5.74) is 1.19. The Hall–Kier alpha value is -2.24. The maximum Gasteiger partial charge on any atom is 0.317 e. The van der Waals surface area contributed by atoms with Gasteiger partial charge in [-0.15, -0.1) is 0 Å². The summed E-state index contributed by atoms with van der Waals surface area (Å²) >= 11 is 0. The van der Waals surface area contributed by atoms with Gasteiger partial charge in [0.05, 0.1) is 13.5 Å². The molecule has 0 aliphatic rings. The second-order valence-electron chi connectivity index (χ2n) is 5.41. The van der Waals surface area contributed by atoms with Crippen LogP contribution in [0.2, 0.25) is 0 Å². The minimum Gasteiger partial charge on any atom is -0.497 e. The number of rotatable bonds is 8. The average molecular weight is 308 g/mol. The number of methoxy groups -OCH3 is 1. The molecule has 1 atom stereocenters. The lowest BCUT2D eigenvalue weighted by molar-refractivity contribution is -0.136. The topological polar surface area (TPSA) is 78.9 Å². The van der Waals surface area contributed by atoms with Crippen LogP contribution in [-0.4, -0.2) is 49.3 Å². The van der Waals surface area contributed by atoms with Crippen molar-refractivity contribution in [2.45, 2.75) is 19.8 Å². The molecule has 1 aromatic carbocycles. The minimum absolute atomic E-state index is 0.0685. The number of urea groups is 1. The summed E-state index contributed by atoms with van der Waals surface area (Å²) in [4.78, 5) is 23.8. The summed E-state index contributed by atoms with van der Waals surface area (Å²) in [7, 11) is 3.34. The standard InChI is InChI=1S/C16H24N2O4/c1-12(10-13-4-6-14(22-3)7-5-13)11-18(2)16(21)17-9-8-15(19)20/h4-7,12H,8-11H2,1-3H3,(H,17,21)(H,19,20). The molecule has 6 heteroatoms. The number of ether oxygens (including phenoxy) is 1. The molecule has 1 unspecified atom stereocenters. The lowest BCUT2D eigenvalue weighted by Gasteiger charge is -2.22. The molecule has 0 spiro atoms. The monoisotopic (exact) mass is 308 g/mol. The van der Waals surface area contributed by atoms with E-state index in [2.05, 4.69) is 12.2 Å². The first kappa shape index (κ1) is 17.8. The number of carbonyl (C=O) groups is 2. The van der Waals surface area contributed by atoms with Crippen LogP contribution in [0.4, 0.5) is 4.79 Å². The largest absolute Gasteiger partial charge is 0.497 e. The van der Waals surface area contributed by atoms with Crippen LogP contribution >= 0.6 is 0 Å². The number of nitrogens with one attached hydrogen (secondary N) is 1. The zero-order valence-electron chi connectivity index (χ0n) is 13.3. The number of benzene rings is 1. The quantitative estimate of drug-likeness (QED) is 0.770. The normalized spacial score (nSPS) is 11.6. The minimum atomic E-state index is -0.921. The van der Waals surface area contributed by atoms with Gasteiger partial charge in [0.15, 0.2) is 0 Å². The van der Waals surface area contributed by atoms with E-state index in [9.17, 15) is 9.59 Å². The van der Waals surface area contributed by atoms with Crippen LogP contribution in [0.15, 0.2) is 24.3 Å². The van der Waals surface area contributed by atoms with Crippen molar-refractivity contribution in [1.82, 2.24) is 10.2 Å². The van der Waals surface area contributed by atoms with Gasteiger partial charge in [-0.25, -0.2) is 4.79 Å². The highest BCUT2D eigenvalue weighted by Gasteiger charge is 2.13. The highest BCUT2D eigenvalue weighted by atomic mass is 16.5. The molecule has 0 bridgehead atoms. The van der Waals surface area contributed by atoms with E-state index in [4.69, 9.17) is 9.84 Å². The van der Waals surface area contributed by atoms with Gasteiger partial charge < -0.3 is 20.1 Å².